The van der Waals surface area contributed by atoms with Crippen LogP contribution in [0.4, 0.5) is 0 Å². The lowest BCUT2D eigenvalue weighted by molar-refractivity contribution is -0.125. The van der Waals surface area contributed by atoms with Crippen molar-refractivity contribution in [1.29, 1.82) is 0 Å². The van der Waals surface area contributed by atoms with Crippen molar-refractivity contribution in [3.63, 3.8) is 0 Å². The predicted molar refractivity (Wildman–Crippen MR) is 74.0 cm³/mol. The Morgan fingerprint density at radius 1 is 1.28 bits per heavy atom. The highest BCUT2D eigenvalue weighted by molar-refractivity contribution is 6.30. The topological polar surface area (TPSA) is 32.7 Å². The second-order valence-electron chi connectivity index (χ2n) is 5.69. The first kappa shape index (κ1) is 13.1. The predicted octanol–water partition coefficient (Wildman–Crippen LogP) is 2.97. The van der Waals surface area contributed by atoms with Crippen LogP contribution in [-0.4, -0.2) is 29.7 Å². The number of carbonyl (C=O) groups excluding carboxylic acids is 1. The van der Waals surface area contributed by atoms with Crippen LogP contribution in [0.3, 0.4) is 0 Å². The van der Waals surface area contributed by atoms with E-state index in [1.807, 2.05) is 24.3 Å². The molecule has 0 atom stereocenters. The molecule has 0 fully saturated rings. The Morgan fingerprint density at radius 3 is 2.44 bits per heavy atom. The molecule has 3 nitrogen and oxygen atoms in total. The summed E-state index contributed by atoms with van der Waals surface area (Å²) in [4.78, 5) is 18.0. The van der Waals surface area contributed by atoms with Crippen molar-refractivity contribution < 1.29 is 4.79 Å². The fraction of sp³-hybridized carbons (Fsp3) is 0.429. The lowest BCUT2D eigenvalue weighted by Crippen LogP contribution is -2.39. The standard InChI is InChI=1S/C14H17ClN2O/c1-14(2,3)9-17-12(18)8-16-13(17)10-4-6-11(15)7-5-10/h4-7H,8-9H2,1-3H3. The van der Waals surface area contributed by atoms with E-state index in [4.69, 9.17) is 11.6 Å². The summed E-state index contributed by atoms with van der Waals surface area (Å²) >= 11 is 5.87. The number of amidine groups is 1. The van der Waals surface area contributed by atoms with Gasteiger partial charge in [-0.2, -0.15) is 0 Å². The lowest BCUT2D eigenvalue weighted by Gasteiger charge is -2.27. The Kier molecular flexibility index (Phi) is 3.44. The van der Waals surface area contributed by atoms with Gasteiger partial charge in [-0.15, -0.1) is 0 Å². The second-order valence-corrected chi connectivity index (χ2v) is 6.12. The van der Waals surface area contributed by atoms with E-state index in [9.17, 15) is 4.79 Å². The van der Waals surface area contributed by atoms with Crippen LogP contribution in [-0.2, 0) is 4.79 Å². The highest BCUT2D eigenvalue weighted by Crippen LogP contribution is 2.21. The summed E-state index contributed by atoms with van der Waals surface area (Å²) in [6.45, 7) is 7.25. The number of rotatable bonds is 2. The molecule has 0 saturated heterocycles. The third-order valence-corrected chi connectivity index (χ3v) is 2.91. The number of halogens is 1. The van der Waals surface area contributed by atoms with Crippen LogP contribution >= 0.6 is 11.6 Å². The molecule has 18 heavy (non-hydrogen) atoms. The van der Waals surface area contributed by atoms with Gasteiger partial charge in [0.2, 0.25) is 5.91 Å². The van der Waals surface area contributed by atoms with Gasteiger partial charge in [-0.05, 0) is 29.7 Å². The minimum Gasteiger partial charge on any atom is -0.294 e. The maximum Gasteiger partial charge on any atom is 0.249 e. The van der Waals surface area contributed by atoms with Gasteiger partial charge in [-0.1, -0.05) is 32.4 Å². The zero-order valence-corrected chi connectivity index (χ0v) is 11.7. The van der Waals surface area contributed by atoms with E-state index in [0.29, 0.717) is 11.6 Å². The van der Waals surface area contributed by atoms with Crippen LogP contribution in [0.25, 0.3) is 0 Å². The molecule has 0 aliphatic carbocycles. The molecule has 0 spiro atoms. The SMILES string of the molecule is CC(C)(C)CN1C(=O)CN=C1c1ccc(Cl)cc1. The average Bonchev–Trinajstić information content (AvgIpc) is 2.60. The highest BCUT2D eigenvalue weighted by atomic mass is 35.5. The summed E-state index contributed by atoms with van der Waals surface area (Å²) in [5, 5.41) is 0.686. The number of hydrogen-bond acceptors (Lipinski definition) is 2. The van der Waals surface area contributed by atoms with Crippen molar-refractivity contribution in [2.75, 3.05) is 13.1 Å². The van der Waals surface area contributed by atoms with E-state index < -0.39 is 0 Å². The number of hydrogen-bond donors (Lipinski definition) is 0. The quantitative estimate of drug-likeness (QED) is 0.808. The normalized spacial score (nSPS) is 16.1. The second kappa shape index (κ2) is 4.73. The summed E-state index contributed by atoms with van der Waals surface area (Å²) in [6, 6.07) is 7.43. The van der Waals surface area contributed by atoms with E-state index in [0.717, 1.165) is 11.4 Å². The zero-order chi connectivity index (χ0) is 13.3. The van der Waals surface area contributed by atoms with Crippen LogP contribution < -0.4 is 0 Å². The van der Waals surface area contributed by atoms with Crippen LogP contribution in [0.1, 0.15) is 26.3 Å². The van der Waals surface area contributed by atoms with Gasteiger partial charge in [-0.25, -0.2) is 0 Å². The van der Waals surface area contributed by atoms with Crippen LogP contribution in [0.2, 0.25) is 5.02 Å². The van der Waals surface area contributed by atoms with Crippen LogP contribution in [0.5, 0.6) is 0 Å². The molecule has 4 heteroatoms. The molecule has 96 valence electrons. The van der Waals surface area contributed by atoms with E-state index in [1.165, 1.54) is 0 Å². The highest BCUT2D eigenvalue weighted by Gasteiger charge is 2.29. The molecule has 2 rings (SSSR count). The molecule has 1 aromatic carbocycles. The van der Waals surface area contributed by atoms with Gasteiger partial charge in [0.15, 0.2) is 0 Å². The largest absolute Gasteiger partial charge is 0.294 e. The molecule has 0 aromatic heterocycles. The van der Waals surface area contributed by atoms with Gasteiger partial charge in [0.05, 0.1) is 0 Å². The van der Waals surface area contributed by atoms with Gasteiger partial charge in [0.25, 0.3) is 0 Å². The third-order valence-electron chi connectivity index (χ3n) is 2.66. The molecule has 0 radical (unpaired) electrons. The van der Waals surface area contributed by atoms with E-state index in [2.05, 4.69) is 25.8 Å². The molecule has 1 amide bonds. The Balaban J connectivity index is 2.26. The fourth-order valence-corrected chi connectivity index (χ4v) is 2.04. The molecule has 0 saturated carbocycles. The van der Waals surface area contributed by atoms with E-state index in [-0.39, 0.29) is 17.9 Å². The molecule has 1 aliphatic heterocycles. The maximum atomic E-state index is 11.9. The number of nitrogens with zero attached hydrogens (tertiary/aromatic N) is 2. The first-order valence-electron chi connectivity index (χ1n) is 5.97. The third kappa shape index (κ3) is 2.91. The average molecular weight is 265 g/mol. The molecule has 0 bridgehead atoms. The molecular weight excluding hydrogens is 248 g/mol. The van der Waals surface area contributed by atoms with Crippen molar-refractivity contribution in [3.05, 3.63) is 34.9 Å². The molecule has 1 aliphatic rings. The Morgan fingerprint density at radius 2 is 1.89 bits per heavy atom. The Bertz CT molecular complexity index is 486. The summed E-state index contributed by atoms with van der Waals surface area (Å²) in [6.07, 6.45) is 0. The monoisotopic (exact) mass is 264 g/mol. The van der Waals surface area contributed by atoms with Crippen LogP contribution in [0.15, 0.2) is 29.3 Å². The van der Waals surface area contributed by atoms with Gasteiger partial charge >= 0.3 is 0 Å². The summed E-state index contributed by atoms with van der Waals surface area (Å²) in [5.74, 6) is 0.821. The van der Waals surface area contributed by atoms with E-state index in [1.54, 1.807) is 4.90 Å². The van der Waals surface area contributed by atoms with Crippen molar-refractivity contribution in [1.82, 2.24) is 4.90 Å². The van der Waals surface area contributed by atoms with Crippen molar-refractivity contribution in [3.8, 4) is 0 Å². The number of aliphatic imine (C=N–C) groups is 1. The number of benzene rings is 1. The minimum absolute atomic E-state index is 0.0488. The van der Waals surface area contributed by atoms with Crippen molar-refractivity contribution in [2.24, 2.45) is 10.4 Å². The smallest absolute Gasteiger partial charge is 0.249 e. The summed E-state index contributed by atoms with van der Waals surface area (Å²) in [7, 11) is 0. The van der Waals surface area contributed by atoms with Crippen molar-refractivity contribution in [2.45, 2.75) is 20.8 Å². The zero-order valence-electron chi connectivity index (χ0n) is 10.9. The number of carbonyl (C=O) groups is 1. The van der Waals surface area contributed by atoms with Gasteiger partial charge in [0, 0.05) is 17.1 Å². The van der Waals surface area contributed by atoms with E-state index >= 15 is 0 Å². The molecule has 0 unspecified atom stereocenters. The Labute approximate surface area is 112 Å². The summed E-state index contributed by atoms with van der Waals surface area (Å²) in [5.41, 5.74) is 0.988. The van der Waals surface area contributed by atoms with Crippen LogP contribution in [0, 0.1) is 5.41 Å². The van der Waals surface area contributed by atoms with Gasteiger partial charge < -0.3 is 0 Å². The molecule has 1 heterocycles. The molecule has 1 aromatic rings. The lowest BCUT2D eigenvalue weighted by atomic mass is 9.95. The Hall–Kier alpha value is -1.35. The summed E-state index contributed by atoms with van der Waals surface area (Å²) < 4.78 is 0. The fourth-order valence-electron chi connectivity index (χ4n) is 1.91. The maximum absolute atomic E-state index is 11.9. The number of amides is 1. The van der Waals surface area contributed by atoms with Gasteiger partial charge in [-0.3, -0.25) is 14.7 Å². The first-order valence-corrected chi connectivity index (χ1v) is 6.35. The minimum atomic E-state index is 0.0488. The van der Waals surface area contributed by atoms with Gasteiger partial charge in [0.1, 0.15) is 12.4 Å². The van der Waals surface area contributed by atoms with Crippen molar-refractivity contribution >= 4 is 23.3 Å². The first-order chi connectivity index (χ1) is 8.37. The molecule has 0 N–H and O–H groups in total. The molecular formula is C14H17ClN2O.